The van der Waals surface area contributed by atoms with E-state index in [4.69, 9.17) is 9.72 Å². The van der Waals surface area contributed by atoms with E-state index in [0.717, 1.165) is 47.0 Å². The van der Waals surface area contributed by atoms with Gasteiger partial charge in [0.25, 0.3) is 0 Å². The molecular formula is C18H14N4OS3. The monoisotopic (exact) mass is 398 g/mol. The van der Waals surface area contributed by atoms with Gasteiger partial charge in [0.15, 0.2) is 10.3 Å². The maximum atomic E-state index is 5.57. The Bertz CT molecular complexity index is 1250. The third-order valence-electron chi connectivity index (χ3n) is 3.91. The van der Waals surface area contributed by atoms with Crippen molar-refractivity contribution in [2.75, 3.05) is 11.9 Å². The molecule has 8 heteroatoms. The molecule has 0 atom stereocenters. The highest BCUT2D eigenvalue weighted by molar-refractivity contribution is 7.25. The predicted molar refractivity (Wildman–Crippen MR) is 112 cm³/mol. The number of hydrogen-bond donors (Lipinski definition) is 1. The van der Waals surface area contributed by atoms with Crippen LogP contribution in [-0.2, 0) is 0 Å². The first-order valence-electron chi connectivity index (χ1n) is 8.17. The average Bonchev–Trinajstić information content (AvgIpc) is 3.29. The first-order valence-corrected chi connectivity index (χ1v) is 10.6. The summed E-state index contributed by atoms with van der Waals surface area (Å²) in [6.45, 7) is 4.68. The fraction of sp³-hybridized carbons (Fsp3) is 0.167. The Morgan fingerprint density at radius 1 is 0.923 bits per heavy atom. The van der Waals surface area contributed by atoms with Gasteiger partial charge in [0.2, 0.25) is 0 Å². The second kappa shape index (κ2) is 6.15. The van der Waals surface area contributed by atoms with Crippen molar-refractivity contribution < 1.29 is 4.74 Å². The molecule has 3 heterocycles. The van der Waals surface area contributed by atoms with E-state index in [0.29, 0.717) is 6.61 Å². The lowest BCUT2D eigenvalue weighted by Crippen LogP contribution is -1.90. The summed E-state index contributed by atoms with van der Waals surface area (Å²) in [5, 5.41) is 6.10. The number of nitrogens with one attached hydrogen (secondary N) is 1. The van der Waals surface area contributed by atoms with Gasteiger partial charge in [0, 0.05) is 0 Å². The maximum absolute atomic E-state index is 5.57. The molecule has 3 aromatic heterocycles. The van der Waals surface area contributed by atoms with Gasteiger partial charge in [-0.3, -0.25) is 0 Å². The van der Waals surface area contributed by atoms with Gasteiger partial charge in [0.05, 0.1) is 36.7 Å². The van der Waals surface area contributed by atoms with Crippen LogP contribution in [0.3, 0.4) is 0 Å². The summed E-state index contributed by atoms with van der Waals surface area (Å²) >= 11 is 4.93. The lowest BCUT2D eigenvalue weighted by Gasteiger charge is -2.00. The summed E-state index contributed by atoms with van der Waals surface area (Å²) in [7, 11) is 0. The minimum atomic E-state index is 0.658. The smallest absolute Gasteiger partial charge is 0.190 e. The van der Waals surface area contributed by atoms with E-state index in [1.165, 1.54) is 4.70 Å². The molecule has 0 radical (unpaired) electrons. The molecular weight excluding hydrogens is 384 g/mol. The Hall–Kier alpha value is -2.29. The van der Waals surface area contributed by atoms with Crippen LogP contribution in [0.1, 0.15) is 11.9 Å². The molecule has 0 bridgehead atoms. The van der Waals surface area contributed by atoms with Crippen molar-refractivity contribution in [3.05, 3.63) is 35.3 Å². The first-order chi connectivity index (χ1) is 12.7. The number of hydrogen-bond acceptors (Lipinski definition) is 8. The fourth-order valence-corrected chi connectivity index (χ4v) is 5.66. The highest BCUT2D eigenvalue weighted by atomic mass is 32.1. The Morgan fingerprint density at radius 2 is 1.73 bits per heavy atom. The van der Waals surface area contributed by atoms with Crippen molar-refractivity contribution >= 4 is 74.9 Å². The van der Waals surface area contributed by atoms with E-state index < -0.39 is 0 Å². The summed E-state index contributed by atoms with van der Waals surface area (Å²) in [5.74, 6) is 0.872. The van der Waals surface area contributed by atoms with Gasteiger partial charge in [-0.05, 0) is 44.2 Å². The third kappa shape index (κ3) is 2.70. The lowest BCUT2D eigenvalue weighted by atomic mass is 10.3. The van der Waals surface area contributed by atoms with Crippen LogP contribution in [0.25, 0.3) is 30.6 Å². The Kier molecular flexibility index (Phi) is 3.77. The molecule has 0 unspecified atom stereocenters. The molecule has 0 aliphatic heterocycles. The summed E-state index contributed by atoms with van der Waals surface area (Å²) in [4.78, 5) is 14.0. The van der Waals surface area contributed by atoms with Gasteiger partial charge in [-0.2, -0.15) is 0 Å². The largest absolute Gasteiger partial charge is 0.494 e. The number of fused-ring (bicyclic) bond motifs is 4. The average molecular weight is 399 g/mol. The Labute approximate surface area is 161 Å². The van der Waals surface area contributed by atoms with Crippen LogP contribution in [0, 0.1) is 6.92 Å². The molecule has 5 nitrogen and oxygen atoms in total. The van der Waals surface area contributed by atoms with Crippen LogP contribution in [-0.4, -0.2) is 21.6 Å². The summed E-state index contributed by atoms with van der Waals surface area (Å²) in [5.41, 5.74) is 2.97. The van der Waals surface area contributed by atoms with Crippen molar-refractivity contribution in [1.82, 2.24) is 15.0 Å². The molecule has 0 spiro atoms. The first kappa shape index (κ1) is 15.9. The molecule has 1 N–H and O–H groups in total. The molecule has 130 valence electrons. The molecule has 0 saturated heterocycles. The van der Waals surface area contributed by atoms with Gasteiger partial charge in [-0.25, -0.2) is 15.0 Å². The normalized spacial score (nSPS) is 11.6. The van der Waals surface area contributed by atoms with Gasteiger partial charge >= 0.3 is 0 Å². The summed E-state index contributed by atoms with van der Waals surface area (Å²) in [6, 6.07) is 10.1. The lowest BCUT2D eigenvalue weighted by molar-refractivity contribution is 0.341. The van der Waals surface area contributed by atoms with Gasteiger partial charge in [-0.1, -0.05) is 22.7 Å². The van der Waals surface area contributed by atoms with Crippen molar-refractivity contribution in [2.24, 2.45) is 0 Å². The number of thiazole rings is 3. The number of aromatic nitrogens is 3. The summed E-state index contributed by atoms with van der Waals surface area (Å²) < 4.78 is 8.98. The highest BCUT2D eigenvalue weighted by Crippen LogP contribution is 2.37. The standard InChI is InChI=1S/C18H14N4OS3/c1-3-23-10-4-5-11-14(8-10)25-17(20-11)22-18-21-12-6-7-13-15(16(12)26-18)19-9(2)24-13/h4-8H,3H2,1-2H3,(H,20,21,22). The van der Waals surface area contributed by atoms with Crippen molar-refractivity contribution in [1.29, 1.82) is 0 Å². The van der Waals surface area contributed by atoms with E-state index >= 15 is 0 Å². The van der Waals surface area contributed by atoms with Crippen LogP contribution in [0.4, 0.5) is 10.3 Å². The highest BCUT2D eigenvalue weighted by Gasteiger charge is 2.12. The molecule has 2 aromatic carbocycles. The second-order valence-corrected chi connectivity index (χ2v) is 8.98. The number of rotatable bonds is 4. The second-order valence-electron chi connectivity index (χ2n) is 5.72. The minimum absolute atomic E-state index is 0.658. The van der Waals surface area contributed by atoms with E-state index in [1.807, 2.05) is 32.0 Å². The van der Waals surface area contributed by atoms with Crippen LogP contribution >= 0.6 is 34.0 Å². The molecule has 5 aromatic rings. The molecule has 0 amide bonds. The quantitative estimate of drug-likeness (QED) is 0.404. The predicted octanol–water partition coefficient (Wildman–Crippen LogP) is 5.97. The van der Waals surface area contributed by atoms with E-state index in [-0.39, 0.29) is 0 Å². The third-order valence-corrected chi connectivity index (χ3v) is 6.77. The summed E-state index contributed by atoms with van der Waals surface area (Å²) in [6.07, 6.45) is 0. The van der Waals surface area contributed by atoms with E-state index in [9.17, 15) is 0 Å². The molecule has 26 heavy (non-hydrogen) atoms. The van der Waals surface area contributed by atoms with Gasteiger partial charge in [-0.15, -0.1) is 11.3 Å². The van der Waals surface area contributed by atoms with Crippen molar-refractivity contribution in [3.63, 3.8) is 0 Å². The zero-order chi connectivity index (χ0) is 17.7. The Morgan fingerprint density at radius 3 is 2.62 bits per heavy atom. The van der Waals surface area contributed by atoms with Gasteiger partial charge < -0.3 is 10.1 Å². The zero-order valence-corrected chi connectivity index (χ0v) is 16.5. The van der Waals surface area contributed by atoms with Crippen LogP contribution < -0.4 is 10.1 Å². The number of ether oxygens (including phenoxy) is 1. The van der Waals surface area contributed by atoms with Crippen LogP contribution in [0.2, 0.25) is 0 Å². The van der Waals surface area contributed by atoms with E-state index in [1.54, 1.807) is 34.0 Å². The molecule has 5 rings (SSSR count). The zero-order valence-electron chi connectivity index (χ0n) is 14.1. The van der Waals surface area contributed by atoms with Gasteiger partial charge in [0.1, 0.15) is 11.3 Å². The molecule has 0 fully saturated rings. The van der Waals surface area contributed by atoms with E-state index in [2.05, 4.69) is 27.4 Å². The maximum Gasteiger partial charge on any atom is 0.190 e. The fourth-order valence-electron chi connectivity index (χ4n) is 2.85. The topological polar surface area (TPSA) is 59.9 Å². The van der Waals surface area contributed by atoms with Crippen LogP contribution in [0.15, 0.2) is 30.3 Å². The molecule has 0 aliphatic rings. The van der Waals surface area contributed by atoms with Crippen LogP contribution in [0.5, 0.6) is 5.75 Å². The van der Waals surface area contributed by atoms with Crippen molar-refractivity contribution in [2.45, 2.75) is 13.8 Å². The molecule has 0 aliphatic carbocycles. The number of nitrogens with zero attached hydrogens (tertiary/aromatic N) is 3. The SMILES string of the molecule is CCOc1ccc2nc(Nc3nc4ccc5sc(C)nc5c4s3)sc2c1. The number of benzene rings is 2. The molecule has 0 saturated carbocycles. The Balaban J connectivity index is 1.52. The number of aryl methyl sites for hydroxylation is 1. The number of anilines is 2. The van der Waals surface area contributed by atoms with Crippen molar-refractivity contribution in [3.8, 4) is 5.75 Å². The minimum Gasteiger partial charge on any atom is -0.494 e.